The number of hydrogen-bond acceptors (Lipinski definition) is 6. The SMILES string of the molecule is CC(Sc1ccc(NC(=O)/C(=C/c2cccc(Br)c2)NC(=O)c2ccccc2)cc1)C(=O)Nc1ccc2c(c1)OCCO2. The van der Waals surface area contributed by atoms with Gasteiger partial charge in [-0.2, -0.15) is 0 Å². The molecule has 10 heteroatoms. The van der Waals surface area contributed by atoms with Crippen molar-refractivity contribution < 1.29 is 23.9 Å². The topological polar surface area (TPSA) is 106 Å². The summed E-state index contributed by atoms with van der Waals surface area (Å²) in [5, 5.41) is 8.12. The lowest BCUT2D eigenvalue weighted by atomic mass is 10.1. The number of carbonyl (C=O) groups is 3. The number of thioether (sulfide) groups is 1. The van der Waals surface area contributed by atoms with E-state index in [0.29, 0.717) is 41.7 Å². The van der Waals surface area contributed by atoms with Gasteiger partial charge in [0.15, 0.2) is 11.5 Å². The van der Waals surface area contributed by atoms with E-state index in [1.165, 1.54) is 11.8 Å². The van der Waals surface area contributed by atoms with Gasteiger partial charge >= 0.3 is 0 Å². The summed E-state index contributed by atoms with van der Waals surface area (Å²) in [6.07, 6.45) is 1.62. The average molecular weight is 659 g/mol. The Hall–Kier alpha value is -4.54. The first-order valence-corrected chi connectivity index (χ1v) is 15.1. The Bertz CT molecular complexity index is 1660. The number of fused-ring (bicyclic) bond motifs is 1. The third kappa shape index (κ3) is 8.27. The molecule has 1 atom stereocenters. The van der Waals surface area contributed by atoms with Crippen molar-refractivity contribution in [3.8, 4) is 11.5 Å². The molecule has 0 aliphatic carbocycles. The Kier molecular flexibility index (Phi) is 9.81. The first-order chi connectivity index (χ1) is 20.8. The van der Waals surface area contributed by atoms with E-state index in [9.17, 15) is 14.4 Å². The molecule has 5 rings (SSSR count). The van der Waals surface area contributed by atoms with Crippen LogP contribution in [0.15, 0.2) is 112 Å². The number of carbonyl (C=O) groups excluding carboxylic acids is 3. The predicted molar refractivity (Wildman–Crippen MR) is 172 cm³/mol. The molecule has 0 bridgehead atoms. The van der Waals surface area contributed by atoms with E-state index >= 15 is 0 Å². The van der Waals surface area contributed by atoms with Gasteiger partial charge in [0, 0.05) is 32.4 Å². The van der Waals surface area contributed by atoms with Gasteiger partial charge in [0.05, 0.1) is 5.25 Å². The molecular weight excluding hydrogens is 630 g/mol. The smallest absolute Gasteiger partial charge is 0.272 e. The molecule has 3 N–H and O–H groups in total. The molecule has 8 nitrogen and oxygen atoms in total. The molecule has 4 aromatic carbocycles. The lowest BCUT2D eigenvalue weighted by molar-refractivity contribution is -0.115. The summed E-state index contributed by atoms with van der Waals surface area (Å²) in [6, 6.07) is 28.6. The van der Waals surface area contributed by atoms with Gasteiger partial charge in [-0.25, -0.2) is 0 Å². The van der Waals surface area contributed by atoms with Crippen molar-refractivity contribution in [2.45, 2.75) is 17.1 Å². The molecule has 1 heterocycles. The lowest BCUT2D eigenvalue weighted by Crippen LogP contribution is -2.30. The summed E-state index contributed by atoms with van der Waals surface area (Å²) >= 11 is 4.83. The quantitative estimate of drug-likeness (QED) is 0.136. The molecule has 218 valence electrons. The van der Waals surface area contributed by atoms with E-state index in [1.807, 2.05) is 49.4 Å². The Balaban J connectivity index is 1.22. The Labute approximate surface area is 262 Å². The van der Waals surface area contributed by atoms with Gasteiger partial charge in [-0.1, -0.05) is 46.3 Å². The highest BCUT2D eigenvalue weighted by atomic mass is 79.9. The zero-order chi connectivity index (χ0) is 30.2. The Morgan fingerprint density at radius 2 is 1.53 bits per heavy atom. The van der Waals surface area contributed by atoms with E-state index in [4.69, 9.17) is 9.47 Å². The summed E-state index contributed by atoms with van der Waals surface area (Å²) in [5.41, 5.74) is 2.43. The normalized spacial score (nSPS) is 13.0. The van der Waals surface area contributed by atoms with Crippen molar-refractivity contribution >= 4 is 62.9 Å². The van der Waals surface area contributed by atoms with Crippen LogP contribution in [0.2, 0.25) is 0 Å². The van der Waals surface area contributed by atoms with Gasteiger partial charge < -0.3 is 25.4 Å². The van der Waals surface area contributed by atoms with Crippen molar-refractivity contribution in [1.29, 1.82) is 0 Å². The number of rotatable bonds is 9. The third-order valence-electron chi connectivity index (χ3n) is 6.29. The van der Waals surface area contributed by atoms with Crippen molar-refractivity contribution in [3.05, 3.63) is 118 Å². The van der Waals surface area contributed by atoms with Gasteiger partial charge in [-0.3, -0.25) is 14.4 Å². The molecule has 43 heavy (non-hydrogen) atoms. The monoisotopic (exact) mass is 657 g/mol. The van der Waals surface area contributed by atoms with Gasteiger partial charge in [-0.15, -0.1) is 11.8 Å². The number of hydrogen-bond donors (Lipinski definition) is 3. The molecule has 3 amide bonds. The van der Waals surface area contributed by atoms with E-state index in [1.54, 1.807) is 60.7 Å². The third-order valence-corrected chi connectivity index (χ3v) is 7.90. The van der Waals surface area contributed by atoms with Crippen molar-refractivity contribution in [1.82, 2.24) is 5.32 Å². The van der Waals surface area contributed by atoms with E-state index < -0.39 is 11.8 Å². The van der Waals surface area contributed by atoms with Gasteiger partial charge in [-0.05, 0) is 79.2 Å². The summed E-state index contributed by atoms with van der Waals surface area (Å²) < 4.78 is 12.0. The van der Waals surface area contributed by atoms with Crippen LogP contribution in [0, 0.1) is 0 Å². The molecule has 1 aliphatic heterocycles. The van der Waals surface area contributed by atoms with Crippen LogP contribution in [0.3, 0.4) is 0 Å². The molecule has 0 saturated heterocycles. The fraction of sp³-hybridized carbons (Fsp3) is 0.121. The van der Waals surface area contributed by atoms with Crippen LogP contribution in [0.4, 0.5) is 11.4 Å². The number of anilines is 2. The highest BCUT2D eigenvalue weighted by Gasteiger charge is 2.18. The van der Waals surface area contributed by atoms with Gasteiger partial charge in [0.1, 0.15) is 18.9 Å². The van der Waals surface area contributed by atoms with Gasteiger partial charge in [0.2, 0.25) is 5.91 Å². The number of nitrogens with one attached hydrogen (secondary N) is 3. The Morgan fingerprint density at radius 1 is 0.814 bits per heavy atom. The number of ether oxygens (including phenoxy) is 2. The largest absolute Gasteiger partial charge is 0.486 e. The second kappa shape index (κ2) is 14.1. The first-order valence-electron chi connectivity index (χ1n) is 13.5. The minimum Gasteiger partial charge on any atom is -0.486 e. The minimum atomic E-state index is -0.475. The molecular formula is C33H28BrN3O5S. The van der Waals surface area contributed by atoms with Crippen molar-refractivity contribution in [2.75, 3.05) is 23.8 Å². The molecule has 4 aromatic rings. The second-order valence-corrected chi connectivity index (χ2v) is 11.8. The molecule has 0 saturated carbocycles. The van der Waals surface area contributed by atoms with Crippen LogP contribution in [0.25, 0.3) is 6.08 Å². The first kappa shape index (κ1) is 29.9. The highest BCUT2D eigenvalue weighted by Crippen LogP contribution is 2.33. The maximum atomic E-state index is 13.3. The zero-order valence-electron chi connectivity index (χ0n) is 23.1. The van der Waals surface area contributed by atoms with Crippen LogP contribution in [0.5, 0.6) is 11.5 Å². The maximum Gasteiger partial charge on any atom is 0.272 e. The summed E-state index contributed by atoms with van der Waals surface area (Å²) in [5.74, 6) is 0.240. The molecule has 0 aromatic heterocycles. The summed E-state index contributed by atoms with van der Waals surface area (Å²) in [4.78, 5) is 39.8. The number of halogens is 1. The second-order valence-electron chi connectivity index (χ2n) is 9.52. The zero-order valence-corrected chi connectivity index (χ0v) is 25.5. The predicted octanol–water partition coefficient (Wildman–Crippen LogP) is 6.75. The molecule has 0 spiro atoms. The van der Waals surface area contributed by atoms with E-state index in [0.717, 1.165) is 14.9 Å². The molecule has 1 unspecified atom stereocenters. The van der Waals surface area contributed by atoms with Crippen molar-refractivity contribution in [3.63, 3.8) is 0 Å². The molecule has 1 aliphatic rings. The number of benzene rings is 4. The molecule has 0 radical (unpaired) electrons. The maximum absolute atomic E-state index is 13.3. The van der Waals surface area contributed by atoms with Crippen molar-refractivity contribution in [2.24, 2.45) is 0 Å². The fourth-order valence-corrected chi connectivity index (χ4v) is 5.43. The molecule has 0 fully saturated rings. The van der Waals surface area contributed by atoms with E-state index in [2.05, 4.69) is 31.9 Å². The summed E-state index contributed by atoms with van der Waals surface area (Å²) in [6.45, 7) is 2.80. The number of amides is 3. The van der Waals surface area contributed by atoms with Crippen LogP contribution in [-0.4, -0.2) is 36.2 Å². The Morgan fingerprint density at radius 3 is 2.28 bits per heavy atom. The average Bonchev–Trinajstić information content (AvgIpc) is 3.02. The summed E-state index contributed by atoms with van der Waals surface area (Å²) in [7, 11) is 0. The minimum absolute atomic E-state index is 0.0924. The van der Waals surface area contributed by atoms with Crippen LogP contribution in [-0.2, 0) is 9.59 Å². The van der Waals surface area contributed by atoms with Crippen LogP contribution in [0.1, 0.15) is 22.8 Å². The fourth-order valence-electron chi connectivity index (χ4n) is 4.14. The van der Waals surface area contributed by atoms with E-state index in [-0.39, 0.29) is 16.9 Å². The standard InChI is InChI=1S/C33H28BrN3O5S/c1-21(31(38)36-26-12-15-29-30(20-26)42-17-16-41-29)43-27-13-10-25(11-14-27)35-33(40)28(19-22-6-5-9-24(34)18-22)37-32(39)23-7-3-2-4-8-23/h2-15,18-21H,16-17H2,1H3,(H,35,40)(H,36,38)(H,37,39)/b28-19-. The highest BCUT2D eigenvalue weighted by molar-refractivity contribution is 9.10. The van der Waals surface area contributed by atoms with Crippen LogP contribution < -0.4 is 25.4 Å². The lowest BCUT2D eigenvalue weighted by Gasteiger charge is -2.19. The van der Waals surface area contributed by atoms with Gasteiger partial charge in [0.25, 0.3) is 11.8 Å². The van der Waals surface area contributed by atoms with Crippen LogP contribution >= 0.6 is 27.7 Å².